The summed E-state index contributed by atoms with van der Waals surface area (Å²) in [7, 11) is 0. The number of H-pyrrole nitrogens is 1. The van der Waals surface area contributed by atoms with Crippen LogP contribution in [0.15, 0.2) is 48.1 Å². The summed E-state index contributed by atoms with van der Waals surface area (Å²) in [5.74, 6) is 1.74. The fraction of sp³-hybridized carbons (Fsp3) is 0.360. The number of tetrazole rings is 1. The third kappa shape index (κ3) is 4.15. The van der Waals surface area contributed by atoms with Crippen molar-refractivity contribution in [2.45, 2.75) is 51.9 Å². The maximum atomic E-state index is 6.34. The molecule has 0 unspecified atom stereocenters. The zero-order valence-electron chi connectivity index (χ0n) is 17.9. The third-order valence-corrected chi connectivity index (χ3v) is 6.20. The number of nitrogens with zero attached hydrogens (tertiary/aromatic N) is 4. The molecule has 0 radical (unpaired) electrons. The quantitative estimate of drug-likeness (QED) is 0.623. The summed E-state index contributed by atoms with van der Waals surface area (Å²) in [6.07, 6.45) is 11.9. The van der Waals surface area contributed by atoms with Crippen LogP contribution in [0.3, 0.4) is 0 Å². The van der Waals surface area contributed by atoms with E-state index in [2.05, 4.69) is 64.0 Å². The van der Waals surface area contributed by atoms with E-state index in [1.807, 2.05) is 6.07 Å². The highest BCUT2D eigenvalue weighted by Gasteiger charge is 2.18. The number of hydrogen-bond donors (Lipinski definition) is 1. The molecule has 1 N–H and O–H groups in total. The number of nitrogens with one attached hydrogen (secondary N) is 1. The highest BCUT2D eigenvalue weighted by atomic mass is 16.5. The number of rotatable bonds is 6. The van der Waals surface area contributed by atoms with E-state index < -0.39 is 0 Å². The van der Waals surface area contributed by atoms with E-state index in [-0.39, 0.29) is 0 Å². The van der Waals surface area contributed by atoms with Crippen LogP contribution in [0.4, 0.5) is 0 Å². The number of aromatic amines is 1. The fourth-order valence-electron chi connectivity index (χ4n) is 4.47. The van der Waals surface area contributed by atoms with E-state index in [4.69, 9.17) is 9.72 Å². The van der Waals surface area contributed by atoms with Crippen LogP contribution < -0.4 is 4.74 Å². The molecule has 0 saturated carbocycles. The molecule has 2 aliphatic rings. The molecule has 0 fully saturated rings. The van der Waals surface area contributed by atoms with Crippen molar-refractivity contribution in [3.05, 3.63) is 70.6 Å². The fourth-order valence-corrected chi connectivity index (χ4v) is 4.47. The van der Waals surface area contributed by atoms with Gasteiger partial charge in [0.2, 0.25) is 0 Å². The Labute approximate surface area is 182 Å². The Kier molecular flexibility index (Phi) is 5.61. The number of hydrogen-bond acceptors (Lipinski definition) is 5. The summed E-state index contributed by atoms with van der Waals surface area (Å²) in [6.45, 7) is 2.79. The topological polar surface area (TPSA) is 76.6 Å². The first-order valence-corrected chi connectivity index (χ1v) is 11.2. The molecule has 5 rings (SSSR count). The lowest BCUT2D eigenvalue weighted by Crippen LogP contribution is -2.12. The first-order valence-electron chi connectivity index (χ1n) is 11.2. The Balaban J connectivity index is 1.34. The van der Waals surface area contributed by atoms with E-state index >= 15 is 0 Å². The molecule has 1 aromatic carbocycles. The van der Waals surface area contributed by atoms with Gasteiger partial charge >= 0.3 is 0 Å². The van der Waals surface area contributed by atoms with Gasteiger partial charge in [0.1, 0.15) is 12.4 Å². The lowest BCUT2D eigenvalue weighted by atomic mass is 9.90. The summed E-state index contributed by atoms with van der Waals surface area (Å²) in [5.41, 5.74) is 8.53. The van der Waals surface area contributed by atoms with Gasteiger partial charge in [0.15, 0.2) is 5.82 Å². The predicted octanol–water partition coefficient (Wildman–Crippen LogP) is 4.89. The summed E-state index contributed by atoms with van der Waals surface area (Å²) >= 11 is 0. The molecule has 2 aliphatic carbocycles. The lowest BCUT2D eigenvalue weighted by Gasteiger charge is -2.21. The molecule has 2 heterocycles. The minimum Gasteiger partial charge on any atom is -0.489 e. The SMILES string of the molecule is CCc1cc(OCC2=CC=C(c3ccccc3-c3nnn[nH]3)CC2)c2c(n1)CCCC2. The van der Waals surface area contributed by atoms with Gasteiger partial charge in [-0.25, -0.2) is 5.10 Å². The van der Waals surface area contributed by atoms with Crippen molar-refractivity contribution < 1.29 is 4.74 Å². The Morgan fingerprint density at radius 2 is 1.87 bits per heavy atom. The van der Waals surface area contributed by atoms with E-state index in [1.54, 1.807) is 0 Å². The number of aromatic nitrogens is 5. The summed E-state index contributed by atoms with van der Waals surface area (Å²) in [4.78, 5) is 4.84. The summed E-state index contributed by atoms with van der Waals surface area (Å²) < 4.78 is 6.34. The van der Waals surface area contributed by atoms with Crippen LogP contribution >= 0.6 is 0 Å². The van der Waals surface area contributed by atoms with Crippen LogP contribution in [0, 0.1) is 0 Å². The van der Waals surface area contributed by atoms with Gasteiger partial charge in [-0.3, -0.25) is 4.98 Å². The number of benzene rings is 1. The molecule has 158 valence electrons. The van der Waals surface area contributed by atoms with Crippen molar-refractivity contribution >= 4 is 5.57 Å². The molecule has 2 aromatic heterocycles. The second kappa shape index (κ2) is 8.84. The molecule has 0 atom stereocenters. The molecular weight excluding hydrogens is 386 g/mol. The molecule has 3 aromatic rings. The van der Waals surface area contributed by atoms with Crippen LogP contribution in [-0.2, 0) is 19.3 Å². The molecule has 0 aliphatic heterocycles. The number of pyridine rings is 1. The van der Waals surface area contributed by atoms with Crippen molar-refractivity contribution in [1.29, 1.82) is 0 Å². The lowest BCUT2D eigenvalue weighted by molar-refractivity contribution is 0.340. The molecule has 31 heavy (non-hydrogen) atoms. The predicted molar refractivity (Wildman–Crippen MR) is 121 cm³/mol. The Bertz CT molecular complexity index is 1130. The van der Waals surface area contributed by atoms with E-state index in [1.165, 1.54) is 40.8 Å². The molecule has 0 saturated heterocycles. The first-order chi connectivity index (χ1) is 15.3. The van der Waals surface area contributed by atoms with E-state index in [0.717, 1.165) is 49.1 Å². The van der Waals surface area contributed by atoms with Gasteiger partial charge in [-0.2, -0.15) is 0 Å². The van der Waals surface area contributed by atoms with Crippen molar-refractivity contribution in [3.8, 4) is 17.1 Å². The van der Waals surface area contributed by atoms with Gasteiger partial charge < -0.3 is 4.74 Å². The first kappa shape index (κ1) is 19.7. The zero-order chi connectivity index (χ0) is 21.0. The largest absolute Gasteiger partial charge is 0.489 e. The van der Waals surface area contributed by atoms with Crippen molar-refractivity contribution in [2.24, 2.45) is 0 Å². The van der Waals surface area contributed by atoms with Gasteiger partial charge in [0.25, 0.3) is 0 Å². The number of aryl methyl sites for hydroxylation is 2. The summed E-state index contributed by atoms with van der Waals surface area (Å²) in [6, 6.07) is 10.4. The van der Waals surface area contributed by atoms with Gasteiger partial charge in [-0.15, -0.1) is 5.10 Å². The van der Waals surface area contributed by atoms with Crippen LogP contribution in [0.2, 0.25) is 0 Å². The normalized spacial score (nSPS) is 15.8. The van der Waals surface area contributed by atoms with Gasteiger partial charge in [-0.1, -0.05) is 43.3 Å². The number of allylic oxidation sites excluding steroid dienone is 3. The zero-order valence-corrected chi connectivity index (χ0v) is 17.9. The Morgan fingerprint density at radius 3 is 2.65 bits per heavy atom. The molecule has 6 nitrogen and oxygen atoms in total. The maximum absolute atomic E-state index is 6.34. The minimum absolute atomic E-state index is 0.636. The number of ether oxygens (including phenoxy) is 1. The molecule has 0 spiro atoms. The monoisotopic (exact) mass is 413 g/mol. The van der Waals surface area contributed by atoms with Crippen molar-refractivity contribution in [3.63, 3.8) is 0 Å². The second-order valence-corrected chi connectivity index (χ2v) is 8.20. The van der Waals surface area contributed by atoms with Crippen molar-refractivity contribution in [2.75, 3.05) is 6.61 Å². The van der Waals surface area contributed by atoms with Crippen LogP contribution in [0.1, 0.15) is 55.1 Å². The average molecular weight is 414 g/mol. The van der Waals surface area contributed by atoms with E-state index in [0.29, 0.717) is 12.4 Å². The number of fused-ring (bicyclic) bond motifs is 1. The molecular formula is C25H27N5O. The van der Waals surface area contributed by atoms with Crippen LogP contribution in [0.5, 0.6) is 5.75 Å². The van der Waals surface area contributed by atoms with Gasteiger partial charge in [0, 0.05) is 28.6 Å². The van der Waals surface area contributed by atoms with E-state index in [9.17, 15) is 0 Å². The summed E-state index contributed by atoms with van der Waals surface area (Å²) in [5, 5.41) is 14.4. The third-order valence-electron chi connectivity index (χ3n) is 6.20. The molecule has 0 bridgehead atoms. The Hall–Kier alpha value is -3.28. The molecule has 6 heteroatoms. The minimum atomic E-state index is 0.636. The Morgan fingerprint density at radius 1 is 1.00 bits per heavy atom. The maximum Gasteiger partial charge on any atom is 0.180 e. The average Bonchev–Trinajstić information content (AvgIpc) is 3.37. The van der Waals surface area contributed by atoms with Gasteiger partial charge in [0.05, 0.1) is 0 Å². The van der Waals surface area contributed by atoms with Crippen LogP contribution in [0.25, 0.3) is 17.0 Å². The van der Waals surface area contributed by atoms with Crippen LogP contribution in [-0.4, -0.2) is 32.2 Å². The highest BCUT2D eigenvalue weighted by Crippen LogP contribution is 2.34. The second-order valence-electron chi connectivity index (χ2n) is 8.20. The standard InChI is InChI=1S/C25H27N5O/c1-2-19-15-24(22-9-5-6-10-23(22)26-19)31-16-17-11-13-18(14-12-17)20-7-3-4-8-21(20)25-27-29-30-28-25/h3-4,7-8,11,13,15H,2,5-6,9-10,12,14,16H2,1H3,(H,27,28,29,30). The smallest absolute Gasteiger partial charge is 0.180 e. The van der Waals surface area contributed by atoms with Crippen molar-refractivity contribution in [1.82, 2.24) is 25.6 Å². The molecule has 0 amide bonds. The van der Waals surface area contributed by atoms with Gasteiger partial charge in [-0.05, 0) is 72.1 Å². The highest BCUT2D eigenvalue weighted by molar-refractivity contribution is 5.80.